The zero-order chi connectivity index (χ0) is 13.2. The molecule has 0 aromatic heterocycles. The molecule has 0 aliphatic carbocycles. The van der Waals surface area contributed by atoms with E-state index in [4.69, 9.17) is 0 Å². The van der Waals surface area contributed by atoms with Gasteiger partial charge in [0.25, 0.3) is 0 Å². The third-order valence-electron chi connectivity index (χ3n) is 2.35. The lowest BCUT2D eigenvalue weighted by Gasteiger charge is -2.11. The standard InChI is InChI=1S/C13H9F3OS/c14-13(15,16)10-6-8-12(9-7-10)18(17)11-4-2-1-3-5-11/h1-9H. The van der Waals surface area contributed by atoms with Crippen molar-refractivity contribution < 1.29 is 17.7 Å². The summed E-state index contributed by atoms with van der Waals surface area (Å²) < 4.78 is 49.1. The van der Waals surface area contributed by atoms with E-state index < -0.39 is 22.9 Å². The van der Waals surface area contributed by atoms with Crippen LogP contribution in [0, 0.1) is 0 Å². The van der Waals surface area contributed by atoms with Crippen LogP contribution in [0.3, 0.4) is 0 Å². The molecule has 0 saturated heterocycles. The summed E-state index contributed by atoms with van der Waals surface area (Å²) in [5, 5.41) is 0. The van der Waals surface area contributed by atoms with Crippen LogP contribution >= 0.6 is 0 Å². The molecule has 18 heavy (non-hydrogen) atoms. The number of hydrogen-bond acceptors (Lipinski definition) is 1. The molecule has 0 fully saturated rings. The Hall–Kier alpha value is -1.46. The van der Waals surface area contributed by atoms with Gasteiger partial charge in [-0.3, -0.25) is 0 Å². The van der Waals surface area contributed by atoms with E-state index in [1.807, 2.05) is 0 Å². The van der Waals surface area contributed by atoms with Crippen LogP contribution in [0.25, 0.3) is 0 Å². The first-order valence-electron chi connectivity index (χ1n) is 5.12. The number of alkyl halides is 3. The maximum absolute atomic E-state index is 12.4. The van der Waals surface area contributed by atoms with Gasteiger partial charge in [0.05, 0.1) is 5.56 Å². The second-order valence-corrected chi connectivity index (χ2v) is 5.08. The first-order valence-corrected chi connectivity index (χ1v) is 6.27. The Morgan fingerprint density at radius 1 is 0.778 bits per heavy atom. The molecule has 0 amide bonds. The van der Waals surface area contributed by atoms with Crippen LogP contribution in [0.4, 0.5) is 13.2 Å². The molecule has 0 N–H and O–H groups in total. The van der Waals surface area contributed by atoms with E-state index in [-0.39, 0.29) is 0 Å². The Labute approximate surface area is 105 Å². The number of hydrogen-bond donors (Lipinski definition) is 0. The van der Waals surface area contributed by atoms with Gasteiger partial charge in [-0.15, -0.1) is 0 Å². The zero-order valence-electron chi connectivity index (χ0n) is 9.15. The van der Waals surface area contributed by atoms with Gasteiger partial charge < -0.3 is 4.55 Å². The summed E-state index contributed by atoms with van der Waals surface area (Å²) in [7, 11) is 0. The predicted octanol–water partition coefficient (Wildman–Crippen LogP) is 3.87. The van der Waals surface area contributed by atoms with Gasteiger partial charge in [-0.1, -0.05) is 18.2 Å². The largest absolute Gasteiger partial charge is 0.606 e. The van der Waals surface area contributed by atoms with Crippen LogP contribution in [-0.2, 0) is 17.4 Å². The molecule has 0 heterocycles. The third-order valence-corrected chi connectivity index (χ3v) is 3.75. The molecule has 0 bridgehead atoms. The summed E-state index contributed by atoms with van der Waals surface area (Å²) in [6.07, 6.45) is -4.37. The molecule has 0 aliphatic heterocycles. The normalized spacial score (nSPS) is 13.3. The second-order valence-electron chi connectivity index (χ2n) is 3.60. The molecule has 0 spiro atoms. The molecule has 0 radical (unpaired) electrons. The Balaban J connectivity index is 2.25. The molecule has 1 nitrogen and oxygen atoms in total. The summed E-state index contributed by atoms with van der Waals surface area (Å²) in [6.45, 7) is 0. The van der Waals surface area contributed by atoms with Gasteiger partial charge in [0.15, 0.2) is 9.79 Å². The van der Waals surface area contributed by atoms with Crippen LogP contribution in [0.2, 0.25) is 0 Å². The SMILES string of the molecule is [O-][S+](c1ccccc1)c1ccc(C(F)(F)F)cc1. The molecule has 0 aliphatic rings. The van der Waals surface area contributed by atoms with Crippen molar-refractivity contribution in [3.63, 3.8) is 0 Å². The van der Waals surface area contributed by atoms with E-state index in [0.717, 1.165) is 12.1 Å². The van der Waals surface area contributed by atoms with Crippen LogP contribution in [0.5, 0.6) is 0 Å². The van der Waals surface area contributed by atoms with Crippen molar-refractivity contribution in [1.82, 2.24) is 0 Å². The van der Waals surface area contributed by atoms with Crippen LogP contribution in [0.15, 0.2) is 64.4 Å². The lowest BCUT2D eigenvalue weighted by atomic mass is 10.2. The molecule has 2 rings (SSSR count). The topological polar surface area (TPSA) is 23.1 Å². The predicted molar refractivity (Wildman–Crippen MR) is 62.6 cm³/mol. The minimum absolute atomic E-state index is 0.356. The maximum atomic E-state index is 12.4. The van der Waals surface area contributed by atoms with Crippen molar-refractivity contribution in [3.8, 4) is 0 Å². The van der Waals surface area contributed by atoms with E-state index in [2.05, 4.69) is 0 Å². The van der Waals surface area contributed by atoms with Gasteiger partial charge in [0.1, 0.15) is 0 Å². The number of halogens is 3. The highest BCUT2D eigenvalue weighted by atomic mass is 32.2. The van der Waals surface area contributed by atoms with Crippen molar-refractivity contribution in [1.29, 1.82) is 0 Å². The fourth-order valence-corrected chi connectivity index (χ4v) is 2.51. The number of benzene rings is 2. The molecular formula is C13H9F3OS. The first-order chi connectivity index (χ1) is 8.48. The highest BCUT2D eigenvalue weighted by Crippen LogP contribution is 2.30. The fourth-order valence-electron chi connectivity index (χ4n) is 1.45. The van der Waals surface area contributed by atoms with E-state index >= 15 is 0 Å². The van der Waals surface area contributed by atoms with E-state index in [1.165, 1.54) is 12.1 Å². The van der Waals surface area contributed by atoms with Crippen molar-refractivity contribution in [3.05, 3.63) is 60.2 Å². The monoisotopic (exact) mass is 270 g/mol. The summed E-state index contributed by atoms with van der Waals surface area (Å²) >= 11 is -1.45. The van der Waals surface area contributed by atoms with E-state index in [9.17, 15) is 17.7 Å². The van der Waals surface area contributed by atoms with Crippen LogP contribution < -0.4 is 0 Å². The molecule has 1 unspecified atom stereocenters. The zero-order valence-corrected chi connectivity index (χ0v) is 9.96. The maximum Gasteiger partial charge on any atom is 0.416 e. The van der Waals surface area contributed by atoms with Crippen molar-refractivity contribution in [2.24, 2.45) is 0 Å². The highest BCUT2D eigenvalue weighted by molar-refractivity contribution is 7.91. The molecule has 2 aromatic rings. The molecule has 94 valence electrons. The minimum Gasteiger partial charge on any atom is -0.606 e. The van der Waals surface area contributed by atoms with E-state index in [0.29, 0.717) is 9.79 Å². The van der Waals surface area contributed by atoms with Gasteiger partial charge >= 0.3 is 6.18 Å². The van der Waals surface area contributed by atoms with Crippen molar-refractivity contribution >= 4 is 11.2 Å². The lowest BCUT2D eigenvalue weighted by molar-refractivity contribution is -0.137. The Bertz CT molecular complexity index is 508. The summed E-state index contributed by atoms with van der Waals surface area (Å²) in [6, 6.07) is 13.0. The molecule has 1 atom stereocenters. The third kappa shape index (κ3) is 2.86. The molecule has 0 saturated carbocycles. The lowest BCUT2D eigenvalue weighted by Crippen LogP contribution is -2.06. The smallest absolute Gasteiger partial charge is 0.416 e. The van der Waals surface area contributed by atoms with E-state index in [1.54, 1.807) is 30.3 Å². The van der Waals surface area contributed by atoms with Gasteiger partial charge in [-0.05, 0) is 36.4 Å². The van der Waals surface area contributed by atoms with Gasteiger partial charge in [-0.2, -0.15) is 13.2 Å². The van der Waals surface area contributed by atoms with Crippen LogP contribution in [0.1, 0.15) is 5.56 Å². The summed E-state index contributed by atoms with van der Waals surface area (Å²) in [5.41, 5.74) is -0.740. The molecular weight excluding hydrogens is 261 g/mol. The Morgan fingerprint density at radius 3 is 1.78 bits per heavy atom. The van der Waals surface area contributed by atoms with Gasteiger partial charge in [0, 0.05) is 11.2 Å². The summed E-state index contributed by atoms with van der Waals surface area (Å²) in [5.74, 6) is 0. The molecule has 2 aromatic carbocycles. The second kappa shape index (κ2) is 5.04. The number of rotatable bonds is 2. The summed E-state index contributed by atoms with van der Waals surface area (Å²) in [4.78, 5) is 0.923. The minimum atomic E-state index is -4.37. The van der Waals surface area contributed by atoms with Crippen molar-refractivity contribution in [2.75, 3.05) is 0 Å². The van der Waals surface area contributed by atoms with Gasteiger partial charge in [-0.25, -0.2) is 0 Å². The Kier molecular flexibility index (Phi) is 3.63. The molecule has 5 heteroatoms. The quantitative estimate of drug-likeness (QED) is 0.760. The van der Waals surface area contributed by atoms with Crippen LogP contribution in [-0.4, -0.2) is 4.55 Å². The Morgan fingerprint density at radius 2 is 1.28 bits per heavy atom. The van der Waals surface area contributed by atoms with Gasteiger partial charge in [0.2, 0.25) is 0 Å². The van der Waals surface area contributed by atoms with Crippen molar-refractivity contribution in [2.45, 2.75) is 16.0 Å². The fraction of sp³-hybridized carbons (Fsp3) is 0.0769. The first kappa shape index (κ1) is 13.0. The average molecular weight is 270 g/mol. The average Bonchev–Trinajstić information content (AvgIpc) is 2.38. The highest BCUT2D eigenvalue weighted by Gasteiger charge is 2.30.